The van der Waals surface area contributed by atoms with E-state index in [0.29, 0.717) is 13.1 Å². The molecule has 1 saturated heterocycles. The Morgan fingerprint density at radius 3 is 2.57 bits per heavy atom. The topological polar surface area (TPSA) is 69.6 Å². The van der Waals surface area contributed by atoms with E-state index in [1.54, 1.807) is 4.90 Å². The number of carbonyl (C=O) groups excluding carboxylic acids is 1. The van der Waals surface area contributed by atoms with Gasteiger partial charge in [-0.1, -0.05) is 32.6 Å². The highest BCUT2D eigenvalue weighted by atomic mass is 16.4. The zero-order chi connectivity index (χ0) is 15.2. The van der Waals surface area contributed by atoms with Gasteiger partial charge in [0.25, 0.3) is 0 Å². The van der Waals surface area contributed by atoms with Crippen LogP contribution in [0, 0.1) is 11.8 Å². The number of rotatable bonds is 5. The molecule has 2 amide bonds. The lowest BCUT2D eigenvalue weighted by Crippen LogP contribution is -2.44. The first-order valence-electron chi connectivity index (χ1n) is 8.32. The van der Waals surface area contributed by atoms with Crippen molar-refractivity contribution in [3.05, 3.63) is 0 Å². The van der Waals surface area contributed by atoms with E-state index in [-0.39, 0.29) is 18.5 Å². The molecular weight excluding hydrogens is 268 g/mol. The molecule has 0 spiro atoms. The van der Waals surface area contributed by atoms with Crippen LogP contribution in [0.5, 0.6) is 0 Å². The van der Waals surface area contributed by atoms with Gasteiger partial charge >= 0.3 is 12.0 Å². The minimum absolute atomic E-state index is 0.0634. The van der Waals surface area contributed by atoms with Gasteiger partial charge in [0, 0.05) is 19.1 Å². The number of carboxylic acid groups (broad SMARTS) is 1. The highest BCUT2D eigenvalue weighted by Crippen LogP contribution is 2.30. The normalized spacial score (nSPS) is 29.4. The number of likely N-dealkylation sites (tertiary alicyclic amines) is 1. The SMILES string of the molecule is CC1CCC(CCNC(=O)N2CCCC2CC(=O)O)CC1. The summed E-state index contributed by atoms with van der Waals surface area (Å²) in [5.74, 6) is 0.781. The number of nitrogens with one attached hydrogen (secondary N) is 1. The summed E-state index contributed by atoms with van der Waals surface area (Å²) in [6.45, 7) is 3.72. The van der Waals surface area contributed by atoms with Crippen LogP contribution >= 0.6 is 0 Å². The molecule has 0 aromatic rings. The highest BCUT2D eigenvalue weighted by Gasteiger charge is 2.30. The first-order valence-corrected chi connectivity index (χ1v) is 8.32. The van der Waals surface area contributed by atoms with Crippen molar-refractivity contribution in [1.82, 2.24) is 10.2 Å². The smallest absolute Gasteiger partial charge is 0.317 e. The quantitative estimate of drug-likeness (QED) is 0.819. The summed E-state index contributed by atoms with van der Waals surface area (Å²) >= 11 is 0. The summed E-state index contributed by atoms with van der Waals surface area (Å²) in [4.78, 5) is 24.7. The second kappa shape index (κ2) is 7.66. The molecule has 0 bridgehead atoms. The van der Waals surface area contributed by atoms with E-state index in [9.17, 15) is 9.59 Å². The summed E-state index contributed by atoms with van der Waals surface area (Å²) in [6, 6.07) is -0.207. The predicted octanol–water partition coefficient (Wildman–Crippen LogP) is 2.85. The Morgan fingerprint density at radius 1 is 1.19 bits per heavy atom. The number of aliphatic carboxylic acids is 1. The van der Waals surface area contributed by atoms with E-state index >= 15 is 0 Å². The molecule has 1 aliphatic heterocycles. The number of urea groups is 1. The van der Waals surface area contributed by atoms with Gasteiger partial charge in [-0.05, 0) is 31.1 Å². The zero-order valence-electron chi connectivity index (χ0n) is 13.0. The summed E-state index contributed by atoms with van der Waals surface area (Å²) in [5, 5.41) is 11.9. The monoisotopic (exact) mass is 296 g/mol. The summed E-state index contributed by atoms with van der Waals surface area (Å²) in [7, 11) is 0. The summed E-state index contributed by atoms with van der Waals surface area (Å²) in [5.41, 5.74) is 0. The third-order valence-electron chi connectivity index (χ3n) is 5.01. The van der Waals surface area contributed by atoms with Gasteiger partial charge in [0.05, 0.1) is 6.42 Å². The minimum Gasteiger partial charge on any atom is -0.481 e. The lowest BCUT2D eigenvalue weighted by molar-refractivity contribution is -0.137. The van der Waals surface area contributed by atoms with Crippen molar-refractivity contribution in [3.63, 3.8) is 0 Å². The van der Waals surface area contributed by atoms with Crippen LogP contribution in [0.15, 0.2) is 0 Å². The van der Waals surface area contributed by atoms with Crippen LogP contribution in [0.3, 0.4) is 0 Å². The Kier molecular flexibility index (Phi) is 5.88. The zero-order valence-corrected chi connectivity index (χ0v) is 13.0. The fourth-order valence-corrected chi connectivity index (χ4v) is 3.62. The molecule has 0 aromatic carbocycles. The van der Waals surface area contributed by atoms with Crippen molar-refractivity contribution in [3.8, 4) is 0 Å². The number of amides is 2. The third kappa shape index (κ3) is 4.90. The van der Waals surface area contributed by atoms with Crippen molar-refractivity contribution in [2.45, 2.75) is 64.3 Å². The van der Waals surface area contributed by atoms with Gasteiger partial charge in [0.1, 0.15) is 0 Å². The summed E-state index contributed by atoms with van der Waals surface area (Å²) < 4.78 is 0. The van der Waals surface area contributed by atoms with Gasteiger partial charge in [-0.2, -0.15) is 0 Å². The average molecular weight is 296 g/mol. The number of nitrogens with zero attached hydrogens (tertiary/aromatic N) is 1. The van der Waals surface area contributed by atoms with Gasteiger partial charge in [-0.3, -0.25) is 4.79 Å². The third-order valence-corrected chi connectivity index (χ3v) is 5.01. The van der Waals surface area contributed by atoms with Gasteiger partial charge in [0.15, 0.2) is 0 Å². The Balaban J connectivity index is 1.68. The van der Waals surface area contributed by atoms with Crippen LogP contribution < -0.4 is 5.32 Å². The molecule has 5 nitrogen and oxygen atoms in total. The molecule has 2 aliphatic rings. The van der Waals surface area contributed by atoms with Crippen molar-refractivity contribution in [2.75, 3.05) is 13.1 Å². The van der Waals surface area contributed by atoms with E-state index in [2.05, 4.69) is 12.2 Å². The van der Waals surface area contributed by atoms with Crippen molar-refractivity contribution in [2.24, 2.45) is 11.8 Å². The number of hydrogen-bond acceptors (Lipinski definition) is 2. The van der Waals surface area contributed by atoms with Crippen LogP contribution in [-0.4, -0.2) is 41.1 Å². The second-order valence-electron chi connectivity index (χ2n) is 6.73. The lowest BCUT2D eigenvalue weighted by atomic mass is 9.81. The van der Waals surface area contributed by atoms with E-state index in [4.69, 9.17) is 5.11 Å². The van der Waals surface area contributed by atoms with Crippen LogP contribution in [0.2, 0.25) is 0 Å². The van der Waals surface area contributed by atoms with Gasteiger partial charge in [0.2, 0.25) is 0 Å². The van der Waals surface area contributed by atoms with Crippen LogP contribution in [0.4, 0.5) is 4.79 Å². The maximum atomic E-state index is 12.2. The molecule has 1 aliphatic carbocycles. The average Bonchev–Trinajstić information content (AvgIpc) is 2.88. The molecular formula is C16H28N2O3. The highest BCUT2D eigenvalue weighted by molar-refractivity contribution is 5.76. The standard InChI is InChI=1S/C16H28N2O3/c1-12-4-6-13(7-5-12)8-9-17-16(21)18-10-2-3-14(18)11-15(19)20/h12-14H,2-11H2,1H3,(H,17,21)(H,19,20). The van der Waals surface area contributed by atoms with Gasteiger partial charge < -0.3 is 15.3 Å². The Hall–Kier alpha value is -1.26. The molecule has 1 saturated carbocycles. The van der Waals surface area contributed by atoms with Crippen LogP contribution in [-0.2, 0) is 4.79 Å². The maximum Gasteiger partial charge on any atom is 0.317 e. The Bertz CT molecular complexity index is 365. The molecule has 120 valence electrons. The van der Waals surface area contributed by atoms with Crippen molar-refractivity contribution < 1.29 is 14.7 Å². The minimum atomic E-state index is -0.823. The molecule has 0 radical (unpaired) electrons. The van der Waals surface area contributed by atoms with E-state index in [1.165, 1.54) is 25.7 Å². The fraction of sp³-hybridized carbons (Fsp3) is 0.875. The van der Waals surface area contributed by atoms with E-state index < -0.39 is 5.97 Å². The number of carbonyl (C=O) groups is 2. The molecule has 5 heteroatoms. The molecule has 1 atom stereocenters. The number of hydrogen-bond donors (Lipinski definition) is 2. The molecule has 0 aromatic heterocycles. The van der Waals surface area contributed by atoms with Gasteiger partial charge in [-0.15, -0.1) is 0 Å². The van der Waals surface area contributed by atoms with Crippen LogP contribution in [0.1, 0.15) is 58.3 Å². The molecule has 1 heterocycles. The predicted molar refractivity (Wildman–Crippen MR) is 81.1 cm³/mol. The molecule has 2 fully saturated rings. The first kappa shape index (κ1) is 16.1. The van der Waals surface area contributed by atoms with E-state index in [1.807, 2.05) is 0 Å². The first-order chi connectivity index (χ1) is 10.1. The van der Waals surface area contributed by atoms with Crippen LogP contribution in [0.25, 0.3) is 0 Å². The summed E-state index contributed by atoms with van der Waals surface area (Å²) in [6.07, 6.45) is 8.01. The molecule has 1 unspecified atom stereocenters. The Labute approximate surface area is 127 Å². The van der Waals surface area contributed by atoms with Crippen molar-refractivity contribution >= 4 is 12.0 Å². The fourth-order valence-electron chi connectivity index (χ4n) is 3.62. The number of carboxylic acids is 1. The lowest BCUT2D eigenvalue weighted by Gasteiger charge is -2.27. The molecule has 2 rings (SSSR count). The van der Waals surface area contributed by atoms with Crippen molar-refractivity contribution in [1.29, 1.82) is 0 Å². The van der Waals surface area contributed by atoms with E-state index in [0.717, 1.165) is 31.1 Å². The molecule has 21 heavy (non-hydrogen) atoms. The maximum absolute atomic E-state index is 12.2. The molecule has 2 N–H and O–H groups in total. The second-order valence-corrected chi connectivity index (χ2v) is 6.73. The largest absolute Gasteiger partial charge is 0.481 e. The Morgan fingerprint density at radius 2 is 1.90 bits per heavy atom. The van der Waals surface area contributed by atoms with Gasteiger partial charge in [-0.25, -0.2) is 4.79 Å².